The maximum atomic E-state index is 11.8. The largest absolute Gasteiger partial charge is 0.390 e. The fourth-order valence-electron chi connectivity index (χ4n) is 2.13. The smallest absolute Gasteiger partial charge is 0.326 e. The monoisotopic (exact) mass is 294 g/mol. The summed E-state index contributed by atoms with van der Waals surface area (Å²) in [5.41, 5.74) is 1.34. The second-order valence-electron chi connectivity index (χ2n) is 4.96. The molecule has 2 rings (SSSR count). The Labute approximate surface area is 117 Å². The fraction of sp³-hybridized carbons (Fsp3) is 0.800. The van der Waals surface area contributed by atoms with Crippen LogP contribution in [0, 0.1) is 0 Å². The number of carbonyl (C=O) groups excluding carboxylic acids is 2. The highest BCUT2D eigenvalue weighted by molar-refractivity contribution is 6.02. The number of carbonyl (C=O) groups is 2. The summed E-state index contributed by atoms with van der Waals surface area (Å²) >= 11 is 0. The highest BCUT2D eigenvalue weighted by Crippen LogP contribution is 2.26. The van der Waals surface area contributed by atoms with Crippen molar-refractivity contribution in [2.24, 2.45) is 5.84 Å². The Morgan fingerprint density at radius 3 is 2.68 bits per heavy atom. The number of urea groups is 1. The number of amides is 3. The number of imide groups is 1. The summed E-state index contributed by atoms with van der Waals surface area (Å²) in [5, 5.41) is 11.9. The highest BCUT2D eigenvalue weighted by atomic mass is 35.5. The van der Waals surface area contributed by atoms with E-state index in [9.17, 15) is 14.7 Å². The van der Waals surface area contributed by atoms with Gasteiger partial charge < -0.3 is 9.84 Å². The minimum atomic E-state index is -1.06. The summed E-state index contributed by atoms with van der Waals surface area (Å²) < 4.78 is 5.49. The maximum Gasteiger partial charge on any atom is 0.326 e. The first-order valence-electron chi connectivity index (χ1n) is 5.81. The lowest BCUT2D eigenvalue weighted by Gasteiger charge is -2.40. The van der Waals surface area contributed by atoms with Crippen LogP contribution in [0.25, 0.3) is 0 Å². The Morgan fingerprint density at radius 1 is 1.58 bits per heavy atom. The van der Waals surface area contributed by atoms with E-state index in [1.807, 2.05) is 0 Å². The molecule has 5 N–H and O–H groups in total. The lowest BCUT2D eigenvalue weighted by Crippen LogP contribution is -2.71. The van der Waals surface area contributed by atoms with Gasteiger partial charge in [0.15, 0.2) is 0 Å². The number of aliphatic hydroxyl groups is 1. The molecule has 1 unspecified atom stereocenters. The first kappa shape index (κ1) is 16.1. The maximum absolute atomic E-state index is 11.8. The molecule has 110 valence electrons. The topological polar surface area (TPSA) is 117 Å². The molecule has 8 nitrogen and oxygen atoms in total. The standard InChI is InChI=1S/C10H18N4O4.ClH/c1-5-6(15)3-7(18-5)14-4-10(2,13-11)8(16)12-9(14)17;/h5-7,13,15H,3-4,11H2,1-2H3,(H,12,16,17);1H/t5-,6+,7-,10?;/m1./s1. The summed E-state index contributed by atoms with van der Waals surface area (Å²) in [6.45, 7) is 3.42. The number of rotatable bonds is 2. The number of aliphatic hydroxyl groups excluding tert-OH is 1. The number of hydrogen-bond donors (Lipinski definition) is 4. The van der Waals surface area contributed by atoms with Crippen molar-refractivity contribution < 1.29 is 19.4 Å². The first-order valence-corrected chi connectivity index (χ1v) is 5.81. The molecule has 0 radical (unpaired) electrons. The molecule has 4 atom stereocenters. The molecule has 0 aromatic rings. The molecule has 0 aromatic carbocycles. The normalized spacial score (nSPS) is 38.9. The third-order valence-corrected chi connectivity index (χ3v) is 3.49. The van der Waals surface area contributed by atoms with E-state index in [1.165, 1.54) is 4.90 Å². The van der Waals surface area contributed by atoms with E-state index in [0.29, 0.717) is 6.42 Å². The summed E-state index contributed by atoms with van der Waals surface area (Å²) in [6.07, 6.45) is -1.17. The quantitative estimate of drug-likeness (QED) is 0.371. The third kappa shape index (κ3) is 2.82. The van der Waals surface area contributed by atoms with Crippen molar-refractivity contribution in [3.05, 3.63) is 0 Å². The number of nitrogens with zero attached hydrogens (tertiary/aromatic N) is 1. The van der Waals surface area contributed by atoms with Crippen molar-refractivity contribution in [2.45, 2.75) is 44.2 Å². The third-order valence-electron chi connectivity index (χ3n) is 3.49. The van der Waals surface area contributed by atoms with Gasteiger partial charge in [0.05, 0.1) is 18.8 Å². The van der Waals surface area contributed by atoms with Gasteiger partial charge in [-0.1, -0.05) is 0 Å². The Hall–Kier alpha value is -0.930. The number of hydrogen-bond acceptors (Lipinski definition) is 6. The molecule has 2 aliphatic heterocycles. The molecule has 9 heteroatoms. The first-order chi connectivity index (χ1) is 8.37. The van der Waals surface area contributed by atoms with Crippen LogP contribution in [-0.4, -0.2) is 52.5 Å². The van der Waals surface area contributed by atoms with Gasteiger partial charge in [0.25, 0.3) is 5.91 Å². The molecule has 0 spiro atoms. The lowest BCUT2D eigenvalue weighted by atomic mass is 9.99. The van der Waals surface area contributed by atoms with Crippen LogP contribution < -0.4 is 16.6 Å². The van der Waals surface area contributed by atoms with Gasteiger partial charge in [0.1, 0.15) is 11.8 Å². The molecule has 0 aliphatic carbocycles. The zero-order valence-corrected chi connectivity index (χ0v) is 11.6. The molecule has 0 bridgehead atoms. The average molecular weight is 295 g/mol. The van der Waals surface area contributed by atoms with E-state index in [1.54, 1.807) is 13.8 Å². The number of nitrogens with two attached hydrogens (primary N) is 1. The summed E-state index contributed by atoms with van der Waals surface area (Å²) in [7, 11) is 0. The second-order valence-corrected chi connectivity index (χ2v) is 4.96. The van der Waals surface area contributed by atoms with Gasteiger partial charge >= 0.3 is 6.03 Å². The van der Waals surface area contributed by atoms with Crippen molar-refractivity contribution in [3.63, 3.8) is 0 Å². The van der Waals surface area contributed by atoms with E-state index < -0.39 is 29.8 Å². The van der Waals surface area contributed by atoms with Crippen molar-refractivity contribution in [1.82, 2.24) is 15.6 Å². The van der Waals surface area contributed by atoms with Crippen LogP contribution in [0.15, 0.2) is 0 Å². The molecule has 0 saturated carbocycles. The molecule has 2 heterocycles. The average Bonchev–Trinajstić information content (AvgIpc) is 2.64. The molecule has 19 heavy (non-hydrogen) atoms. The van der Waals surface area contributed by atoms with Crippen molar-refractivity contribution in [3.8, 4) is 0 Å². The minimum absolute atomic E-state index is 0. The van der Waals surface area contributed by atoms with Crippen LogP contribution in [0.3, 0.4) is 0 Å². The number of nitrogens with one attached hydrogen (secondary N) is 2. The van der Waals surface area contributed by atoms with Crippen LogP contribution in [-0.2, 0) is 9.53 Å². The Morgan fingerprint density at radius 2 is 2.21 bits per heavy atom. The van der Waals surface area contributed by atoms with E-state index in [2.05, 4.69) is 10.7 Å². The number of hydrazine groups is 1. The zero-order valence-electron chi connectivity index (χ0n) is 10.8. The molecule has 0 aromatic heterocycles. The summed E-state index contributed by atoms with van der Waals surface area (Å²) in [6, 6.07) is -0.529. The summed E-state index contributed by atoms with van der Waals surface area (Å²) in [4.78, 5) is 24.8. The van der Waals surface area contributed by atoms with Crippen molar-refractivity contribution in [1.29, 1.82) is 0 Å². The Kier molecular flexibility index (Phi) is 4.75. The zero-order chi connectivity index (χ0) is 13.5. The molecule has 2 saturated heterocycles. The number of halogens is 1. The van der Waals surface area contributed by atoms with E-state index >= 15 is 0 Å². The minimum Gasteiger partial charge on any atom is -0.390 e. The summed E-state index contributed by atoms with van der Waals surface area (Å²) in [5.74, 6) is 4.88. The van der Waals surface area contributed by atoms with Crippen LogP contribution in [0.4, 0.5) is 4.79 Å². The molecule has 2 aliphatic rings. The van der Waals surface area contributed by atoms with Gasteiger partial charge in [-0.25, -0.2) is 10.2 Å². The number of ether oxygens (including phenoxy) is 1. The predicted molar refractivity (Wildman–Crippen MR) is 68.2 cm³/mol. The molecule has 2 fully saturated rings. The SMILES string of the molecule is C[C@H]1O[C@@H](N2CC(C)(NN)C(=O)NC2=O)C[C@@H]1O.Cl. The molecule has 3 amide bonds. The fourth-order valence-corrected chi connectivity index (χ4v) is 2.13. The Balaban J connectivity index is 0.00000180. The van der Waals surface area contributed by atoms with Crippen LogP contribution >= 0.6 is 12.4 Å². The van der Waals surface area contributed by atoms with Crippen molar-refractivity contribution in [2.75, 3.05) is 6.54 Å². The second kappa shape index (κ2) is 5.59. The highest BCUT2D eigenvalue weighted by Gasteiger charge is 2.46. The Bertz CT molecular complexity index is 373. The van der Waals surface area contributed by atoms with Crippen LogP contribution in [0.2, 0.25) is 0 Å². The van der Waals surface area contributed by atoms with Gasteiger partial charge in [0.2, 0.25) is 0 Å². The van der Waals surface area contributed by atoms with Gasteiger partial charge in [0, 0.05) is 6.42 Å². The lowest BCUT2D eigenvalue weighted by molar-refractivity contribution is -0.131. The predicted octanol–water partition coefficient (Wildman–Crippen LogP) is -1.32. The van der Waals surface area contributed by atoms with Gasteiger partial charge in [-0.2, -0.15) is 0 Å². The molecular formula is C10H19ClN4O4. The van der Waals surface area contributed by atoms with Crippen LogP contribution in [0.5, 0.6) is 0 Å². The van der Waals surface area contributed by atoms with Gasteiger partial charge in [-0.15, -0.1) is 12.4 Å². The molecular weight excluding hydrogens is 276 g/mol. The van der Waals surface area contributed by atoms with Crippen LogP contribution in [0.1, 0.15) is 20.3 Å². The van der Waals surface area contributed by atoms with E-state index in [0.717, 1.165) is 0 Å². The van der Waals surface area contributed by atoms with E-state index in [4.69, 9.17) is 10.6 Å². The van der Waals surface area contributed by atoms with Gasteiger partial charge in [-0.3, -0.25) is 20.9 Å². The van der Waals surface area contributed by atoms with Gasteiger partial charge in [-0.05, 0) is 13.8 Å². The van der Waals surface area contributed by atoms with E-state index in [-0.39, 0.29) is 25.1 Å². The van der Waals surface area contributed by atoms with Crippen molar-refractivity contribution >= 4 is 24.3 Å².